The van der Waals surface area contributed by atoms with Crippen molar-refractivity contribution >= 4 is 21.4 Å². The Bertz CT molecular complexity index is 528. The number of halogens is 1. The molecule has 0 spiro atoms. The summed E-state index contributed by atoms with van der Waals surface area (Å²) in [6, 6.07) is 5.75. The summed E-state index contributed by atoms with van der Waals surface area (Å²) in [4.78, 5) is 0. The molecule has 1 aromatic carbocycles. The van der Waals surface area contributed by atoms with Gasteiger partial charge in [-0.15, -0.1) is 0 Å². The predicted octanol–water partition coefficient (Wildman–Crippen LogP) is 2.60. The minimum Gasteiger partial charge on any atom is -0.313 e. The van der Waals surface area contributed by atoms with Gasteiger partial charge in [-0.25, -0.2) is 8.42 Å². The van der Waals surface area contributed by atoms with Gasteiger partial charge in [0.15, 0.2) is 9.84 Å². The van der Waals surface area contributed by atoms with Crippen LogP contribution in [0, 0.1) is 6.92 Å². The smallest absolute Gasteiger partial charge is 0.151 e. The average Bonchev–Trinajstić information content (AvgIpc) is 2.29. The van der Waals surface area contributed by atoms with Crippen molar-refractivity contribution in [3.05, 3.63) is 34.3 Å². The summed E-state index contributed by atoms with van der Waals surface area (Å²) in [6.45, 7) is 6.42. The van der Waals surface area contributed by atoms with Crippen LogP contribution >= 0.6 is 11.6 Å². The monoisotopic (exact) mass is 303 g/mol. The highest BCUT2D eigenvalue weighted by Gasteiger charge is 2.25. The lowest BCUT2D eigenvalue weighted by Gasteiger charge is -2.24. The van der Waals surface area contributed by atoms with Gasteiger partial charge in [-0.1, -0.05) is 30.7 Å². The predicted molar refractivity (Wildman–Crippen MR) is 81.7 cm³/mol. The summed E-state index contributed by atoms with van der Waals surface area (Å²) in [7, 11) is -3.07. The fraction of sp³-hybridized carbons (Fsp3) is 0.571. The molecule has 1 N–H and O–H groups in total. The summed E-state index contributed by atoms with van der Waals surface area (Å²) in [5, 5.41) is 3.50. The van der Waals surface area contributed by atoms with Crippen LogP contribution < -0.4 is 5.32 Å². The van der Waals surface area contributed by atoms with Crippen LogP contribution in [-0.2, 0) is 16.3 Å². The van der Waals surface area contributed by atoms with Crippen LogP contribution in [0.25, 0.3) is 0 Å². The van der Waals surface area contributed by atoms with Gasteiger partial charge < -0.3 is 5.32 Å². The summed E-state index contributed by atoms with van der Waals surface area (Å²) in [5.41, 5.74) is 2.08. The van der Waals surface area contributed by atoms with E-state index in [9.17, 15) is 8.42 Å². The van der Waals surface area contributed by atoms with Crippen LogP contribution in [0.4, 0.5) is 0 Å². The van der Waals surface area contributed by atoms with Gasteiger partial charge in [0.05, 0.1) is 5.25 Å². The maximum absolute atomic E-state index is 11.7. The van der Waals surface area contributed by atoms with Gasteiger partial charge in [0, 0.05) is 17.3 Å². The van der Waals surface area contributed by atoms with Gasteiger partial charge >= 0.3 is 0 Å². The van der Waals surface area contributed by atoms with E-state index in [2.05, 4.69) is 5.32 Å². The molecule has 5 heteroatoms. The summed E-state index contributed by atoms with van der Waals surface area (Å²) in [6.07, 6.45) is 1.89. The van der Waals surface area contributed by atoms with Crippen molar-refractivity contribution in [3.8, 4) is 0 Å². The highest BCUT2D eigenvalue weighted by Crippen LogP contribution is 2.21. The zero-order chi connectivity index (χ0) is 14.6. The van der Waals surface area contributed by atoms with E-state index in [0.717, 1.165) is 17.7 Å². The molecule has 19 heavy (non-hydrogen) atoms. The fourth-order valence-electron chi connectivity index (χ4n) is 2.02. The third-order valence-corrected chi connectivity index (χ3v) is 5.39. The van der Waals surface area contributed by atoms with Gasteiger partial charge in [-0.05, 0) is 44.0 Å². The zero-order valence-electron chi connectivity index (χ0n) is 11.9. The van der Waals surface area contributed by atoms with Crippen LogP contribution in [0.1, 0.15) is 25.0 Å². The first kappa shape index (κ1) is 16.5. The van der Waals surface area contributed by atoms with Crippen LogP contribution in [0.2, 0.25) is 5.02 Å². The first-order chi connectivity index (χ1) is 8.75. The Kier molecular flexibility index (Phi) is 5.83. The topological polar surface area (TPSA) is 46.2 Å². The Labute approximate surface area is 121 Å². The molecule has 0 fully saturated rings. The Balaban J connectivity index is 2.96. The van der Waals surface area contributed by atoms with Crippen molar-refractivity contribution in [1.82, 2.24) is 5.32 Å². The highest BCUT2D eigenvalue weighted by atomic mass is 35.5. The highest BCUT2D eigenvalue weighted by molar-refractivity contribution is 7.91. The molecule has 2 unspecified atom stereocenters. The van der Waals surface area contributed by atoms with Crippen LogP contribution in [-0.4, -0.2) is 32.5 Å². The Morgan fingerprint density at radius 3 is 2.47 bits per heavy atom. The first-order valence-corrected chi connectivity index (χ1v) is 8.76. The van der Waals surface area contributed by atoms with Crippen molar-refractivity contribution in [3.63, 3.8) is 0 Å². The SMILES string of the molecule is CCNC(Cc1ccc(C)cc1Cl)C(C)S(C)(=O)=O. The zero-order valence-corrected chi connectivity index (χ0v) is 13.5. The number of likely N-dealkylation sites (N-methyl/N-ethyl adjacent to an activating group) is 1. The molecule has 108 valence electrons. The summed E-state index contributed by atoms with van der Waals surface area (Å²) >= 11 is 6.22. The maximum atomic E-state index is 11.7. The molecule has 0 aromatic heterocycles. The van der Waals surface area contributed by atoms with E-state index in [0.29, 0.717) is 11.4 Å². The van der Waals surface area contributed by atoms with E-state index >= 15 is 0 Å². The average molecular weight is 304 g/mol. The lowest BCUT2D eigenvalue weighted by Crippen LogP contribution is -2.43. The third kappa shape index (κ3) is 4.79. The molecule has 0 heterocycles. The van der Waals surface area contributed by atoms with Crippen molar-refractivity contribution in [2.75, 3.05) is 12.8 Å². The molecule has 0 saturated carbocycles. The molecular formula is C14H22ClNO2S. The van der Waals surface area contributed by atoms with E-state index in [1.165, 1.54) is 6.26 Å². The van der Waals surface area contributed by atoms with Crippen molar-refractivity contribution < 1.29 is 8.42 Å². The third-order valence-electron chi connectivity index (χ3n) is 3.36. The molecule has 0 amide bonds. The molecule has 0 aliphatic heterocycles. The molecule has 0 aliphatic carbocycles. The van der Waals surface area contributed by atoms with Gasteiger partial charge in [0.2, 0.25) is 0 Å². The minimum absolute atomic E-state index is 0.125. The van der Waals surface area contributed by atoms with Crippen LogP contribution in [0.5, 0.6) is 0 Å². The Morgan fingerprint density at radius 1 is 1.37 bits per heavy atom. The van der Waals surface area contributed by atoms with Crippen LogP contribution in [0.15, 0.2) is 18.2 Å². The van der Waals surface area contributed by atoms with Crippen LogP contribution in [0.3, 0.4) is 0 Å². The largest absolute Gasteiger partial charge is 0.313 e. The van der Waals surface area contributed by atoms with E-state index in [1.807, 2.05) is 32.0 Å². The minimum atomic E-state index is -3.07. The lowest BCUT2D eigenvalue weighted by molar-refractivity contribution is 0.494. The molecule has 2 atom stereocenters. The number of benzene rings is 1. The van der Waals surface area contributed by atoms with Gasteiger partial charge in [0.25, 0.3) is 0 Å². The Morgan fingerprint density at radius 2 is 2.00 bits per heavy atom. The fourth-order valence-corrected chi connectivity index (χ4v) is 3.12. The van der Waals surface area contributed by atoms with E-state index in [4.69, 9.17) is 11.6 Å². The second-order valence-electron chi connectivity index (χ2n) is 5.00. The quantitative estimate of drug-likeness (QED) is 0.878. The van der Waals surface area contributed by atoms with Gasteiger partial charge in [-0.2, -0.15) is 0 Å². The molecule has 3 nitrogen and oxygen atoms in total. The number of nitrogens with one attached hydrogen (secondary N) is 1. The maximum Gasteiger partial charge on any atom is 0.151 e. The van der Waals surface area contributed by atoms with Gasteiger partial charge in [0.1, 0.15) is 0 Å². The van der Waals surface area contributed by atoms with E-state index < -0.39 is 15.1 Å². The second-order valence-corrected chi connectivity index (χ2v) is 7.81. The van der Waals surface area contributed by atoms with Crippen molar-refractivity contribution in [2.45, 2.75) is 38.5 Å². The van der Waals surface area contributed by atoms with E-state index in [-0.39, 0.29) is 6.04 Å². The normalized spacial score (nSPS) is 15.2. The number of hydrogen-bond acceptors (Lipinski definition) is 3. The number of sulfone groups is 1. The first-order valence-electron chi connectivity index (χ1n) is 6.43. The summed E-state index contributed by atoms with van der Waals surface area (Å²) < 4.78 is 23.4. The lowest BCUT2D eigenvalue weighted by atomic mass is 10.0. The molecule has 0 saturated heterocycles. The number of hydrogen-bond donors (Lipinski definition) is 1. The summed E-state index contributed by atoms with van der Waals surface area (Å²) in [5.74, 6) is 0. The van der Waals surface area contributed by atoms with Crippen molar-refractivity contribution in [2.24, 2.45) is 0 Å². The van der Waals surface area contributed by atoms with Gasteiger partial charge in [-0.3, -0.25) is 0 Å². The second kappa shape index (κ2) is 6.73. The molecule has 0 bridgehead atoms. The molecule has 1 rings (SSSR count). The molecule has 0 radical (unpaired) electrons. The Hall–Kier alpha value is -0.580. The molecular weight excluding hydrogens is 282 g/mol. The standard InChI is InChI=1S/C14H22ClNO2S/c1-5-16-14(11(3)19(4,17)18)9-12-7-6-10(2)8-13(12)15/h6-8,11,14,16H,5,9H2,1-4H3. The number of rotatable bonds is 6. The van der Waals surface area contributed by atoms with Crippen molar-refractivity contribution in [1.29, 1.82) is 0 Å². The molecule has 0 aliphatic rings. The number of aryl methyl sites for hydroxylation is 1. The molecule has 1 aromatic rings. The van der Waals surface area contributed by atoms with E-state index in [1.54, 1.807) is 6.92 Å².